The number of rotatable bonds is 13. The molecule has 4 nitrogen and oxygen atoms in total. The summed E-state index contributed by atoms with van der Waals surface area (Å²) in [5.74, 6) is 4.01. The van der Waals surface area contributed by atoms with Crippen molar-refractivity contribution in [2.45, 2.75) is 105 Å². The zero-order valence-corrected chi connectivity index (χ0v) is 22.0. The van der Waals surface area contributed by atoms with E-state index in [9.17, 15) is 4.79 Å². The van der Waals surface area contributed by atoms with E-state index in [2.05, 4.69) is 30.6 Å². The first kappa shape index (κ1) is 25.0. The maximum atomic E-state index is 11.9. The molecule has 1 saturated carbocycles. The van der Waals surface area contributed by atoms with Gasteiger partial charge in [-0.15, -0.1) is 0 Å². The summed E-state index contributed by atoms with van der Waals surface area (Å²) in [5.41, 5.74) is 0. The van der Waals surface area contributed by atoms with Gasteiger partial charge in [0.05, 0.1) is 0 Å². The Morgan fingerprint density at radius 1 is 1.03 bits per heavy atom. The first-order valence-electron chi connectivity index (χ1n) is 12.0. The Hall–Kier alpha value is -0.251. The number of carbonyl (C=O) groups is 1. The average molecular weight is 513 g/mol. The Kier molecular flexibility index (Phi) is 11.4. The average Bonchev–Trinajstić information content (AvgIpc) is 3.23. The third-order valence-corrected chi connectivity index (χ3v) is 19.7. The number of unbranched alkanes of at least 4 members (excludes halogenated alkanes) is 3. The Morgan fingerprint density at radius 2 is 1.66 bits per heavy atom. The molecule has 1 saturated heterocycles. The van der Waals surface area contributed by atoms with Gasteiger partial charge >= 0.3 is 183 Å². The van der Waals surface area contributed by atoms with Gasteiger partial charge in [-0.2, -0.15) is 0 Å². The summed E-state index contributed by atoms with van der Waals surface area (Å²) in [7, 11) is 0. The van der Waals surface area contributed by atoms with Crippen molar-refractivity contribution in [3.8, 4) is 9.86 Å². The van der Waals surface area contributed by atoms with Crippen molar-refractivity contribution in [3.05, 3.63) is 0 Å². The van der Waals surface area contributed by atoms with Gasteiger partial charge in [0.2, 0.25) is 0 Å². The maximum absolute atomic E-state index is 11.9. The predicted octanol–water partition coefficient (Wildman–Crippen LogP) is 5.71. The molecule has 1 aliphatic carbocycles. The number of hydrogen-bond donors (Lipinski definition) is 0. The molecule has 166 valence electrons. The second-order valence-corrected chi connectivity index (χ2v) is 21.1. The zero-order valence-electron chi connectivity index (χ0n) is 19.1. The Bertz CT molecular complexity index is 531. The summed E-state index contributed by atoms with van der Waals surface area (Å²) in [6.45, 7) is 9.82. The van der Waals surface area contributed by atoms with E-state index in [1.165, 1.54) is 51.8 Å². The van der Waals surface area contributed by atoms with Gasteiger partial charge in [-0.1, -0.05) is 0 Å². The van der Waals surface area contributed by atoms with Crippen molar-refractivity contribution in [2.24, 2.45) is 11.8 Å². The van der Waals surface area contributed by atoms with E-state index in [4.69, 9.17) is 14.2 Å². The Labute approximate surface area is 182 Å². The van der Waals surface area contributed by atoms with Crippen LogP contribution in [0.25, 0.3) is 0 Å². The van der Waals surface area contributed by atoms with E-state index in [1.54, 1.807) is 0 Å². The molecular formula is C24H42O4Sn. The molecule has 0 unspecified atom stereocenters. The Morgan fingerprint density at radius 3 is 2.21 bits per heavy atom. The summed E-state index contributed by atoms with van der Waals surface area (Å²) >= 11 is -2.52. The van der Waals surface area contributed by atoms with Crippen molar-refractivity contribution in [3.63, 3.8) is 0 Å². The predicted molar refractivity (Wildman–Crippen MR) is 120 cm³/mol. The molecule has 0 spiro atoms. The molecule has 2 aliphatic rings. The minimum atomic E-state index is -2.52. The van der Waals surface area contributed by atoms with E-state index >= 15 is 0 Å². The van der Waals surface area contributed by atoms with Gasteiger partial charge in [-0.3, -0.25) is 0 Å². The van der Waals surface area contributed by atoms with Crippen molar-refractivity contribution in [1.29, 1.82) is 0 Å². The molecule has 0 amide bonds. The molecule has 1 aliphatic heterocycles. The second kappa shape index (κ2) is 13.2. The first-order chi connectivity index (χ1) is 14.1. The molecule has 0 aromatic rings. The van der Waals surface area contributed by atoms with Crippen molar-refractivity contribution >= 4 is 24.3 Å². The van der Waals surface area contributed by atoms with Crippen LogP contribution in [0.15, 0.2) is 0 Å². The standard InChI is InChI=1S/C12H15O4.3C4H9.Sn/c1-3-8-9-5-12(13)16-11(9)6-10(8)15-7-14-4-2;3*1-3-4-2;/h8-11H,4-7H2,2H3;3*1,3-4H2,2H3;/t8-,9-,10-,11+;;;;/m1..../s1. The molecule has 29 heavy (non-hydrogen) atoms. The van der Waals surface area contributed by atoms with Crippen LogP contribution >= 0.6 is 0 Å². The van der Waals surface area contributed by atoms with Crippen LogP contribution in [0.2, 0.25) is 13.3 Å². The van der Waals surface area contributed by atoms with Gasteiger partial charge < -0.3 is 0 Å². The monoisotopic (exact) mass is 514 g/mol. The summed E-state index contributed by atoms with van der Waals surface area (Å²) in [6.07, 6.45) is 9.02. The van der Waals surface area contributed by atoms with Gasteiger partial charge in [0, 0.05) is 0 Å². The Balaban J connectivity index is 2.22. The molecule has 5 heteroatoms. The third kappa shape index (κ3) is 7.43. The van der Waals surface area contributed by atoms with Crippen LogP contribution in [-0.4, -0.2) is 50.0 Å². The topological polar surface area (TPSA) is 44.8 Å². The third-order valence-electron chi connectivity index (χ3n) is 6.59. The van der Waals surface area contributed by atoms with Gasteiger partial charge in [-0.25, -0.2) is 0 Å². The molecule has 1 heterocycles. The molecule has 0 N–H and O–H groups in total. The van der Waals surface area contributed by atoms with Gasteiger partial charge in [0.15, 0.2) is 0 Å². The van der Waals surface area contributed by atoms with Crippen LogP contribution < -0.4 is 0 Å². The zero-order chi connectivity index (χ0) is 21.1. The van der Waals surface area contributed by atoms with Crippen LogP contribution in [-0.2, 0) is 19.0 Å². The van der Waals surface area contributed by atoms with Gasteiger partial charge in [0.1, 0.15) is 0 Å². The summed E-state index contributed by atoms with van der Waals surface area (Å²) in [4.78, 5) is 11.9. The van der Waals surface area contributed by atoms with E-state index in [0.29, 0.717) is 19.8 Å². The fourth-order valence-corrected chi connectivity index (χ4v) is 18.2. The van der Waals surface area contributed by atoms with Crippen LogP contribution in [0, 0.1) is 21.7 Å². The van der Waals surface area contributed by atoms with E-state index in [-0.39, 0.29) is 30.0 Å². The van der Waals surface area contributed by atoms with E-state index in [0.717, 1.165) is 6.42 Å². The number of hydrogen-bond acceptors (Lipinski definition) is 4. The number of fused-ring (bicyclic) bond motifs is 1. The molecule has 0 aromatic carbocycles. The number of ether oxygens (including phenoxy) is 3. The molecule has 2 fully saturated rings. The van der Waals surface area contributed by atoms with E-state index in [1.807, 2.05) is 6.92 Å². The SMILES string of the molecule is CCC[CH2][Sn]([C]#C[C@@H]1[C@H]2CC(=O)O[C@H]2C[C@H]1OCOCC)([CH2]CCC)[CH2]CCC. The first-order valence-corrected chi connectivity index (χ1v) is 19.5. The fourth-order valence-electron chi connectivity index (χ4n) is 4.80. The molecule has 4 atom stereocenters. The normalized spacial score (nSPS) is 26.1. The van der Waals surface area contributed by atoms with Crippen molar-refractivity contribution < 1.29 is 19.0 Å². The van der Waals surface area contributed by atoms with Crippen LogP contribution in [0.1, 0.15) is 79.1 Å². The number of esters is 1. The van der Waals surface area contributed by atoms with Crippen molar-refractivity contribution in [1.82, 2.24) is 0 Å². The number of carbonyl (C=O) groups excluding carboxylic acids is 1. The fraction of sp³-hybridized carbons (Fsp3) is 0.875. The molecule has 0 radical (unpaired) electrons. The van der Waals surface area contributed by atoms with Gasteiger partial charge in [0.25, 0.3) is 0 Å². The second-order valence-electron chi connectivity index (χ2n) is 8.83. The quantitative estimate of drug-likeness (QED) is 0.104. The summed E-state index contributed by atoms with van der Waals surface area (Å²) in [5, 5.41) is 0. The van der Waals surface area contributed by atoms with Crippen LogP contribution in [0.5, 0.6) is 0 Å². The van der Waals surface area contributed by atoms with Crippen LogP contribution in [0.3, 0.4) is 0 Å². The van der Waals surface area contributed by atoms with Gasteiger partial charge in [-0.05, 0) is 0 Å². The molecule has 0 aromatic heterocycles. The van der Waals surface area contributed by atoms with Crippen molar-refractivity contribution in [2.75, 3.05) is 13.4 Å². The molecular weight excluding hydrogens is 471 g/mol. The van der Waals surface area contributed by atoms with Crippen LogP contribution in [0.4, 0.5) is 0 Å². The minimum absolute atomic E-state index is 0.0139. The molecule has 2 rings (SSSR count). The summed E-state index contributed by atoms with van der Waals surface area (Å²) < 4.78 is 25.2. The molecule has 0 bridgehead atoms. The summed E-state index contributed by atoms with van der Waals surface area (Å²) in [6, 6.07) is 0. The van der Waals surface area contributed by atoms with E-state index < -0.39 is 18.4 Å².